The Morgan fingerprint density at radius 1 is 1.53 bits per heavy atom. The average Bonchev–Trinajstić information content (AvgIpc) is 2.11. The van der Waals surface area contributed by atoms with Gasteiger partial charge in [0.05, 0.1) is 2.74 Å². The van der Waals surface area contributed by atoms with Crippen molar-refractivity contribution in [3.05, 3.63) is 0 Å². The number of nitrogens with one attached hydrogen (secondary N) is 1. The summed E-state index contributed by atoms with van der Waals surface area (Å²) in [5.74, 6) is 0. The molecule has 0 unspecified atom stereocenters. The molecule has 0 aromatic carbocycles. The van der Waals surface area contributed by atoms with Gasteiger partial charge in [-0.05, 0) is 34.6 Å². The largest absolute Gasteiger partial charge is 0.444 e. The normalized spacial score (nSPS) is 38.3. The zero-order chi connectivity index (χ0) is 15.2. The lowest BCUT2D eigenvalue weighted by molar-refractivity contribution is 0.00927. The number of amides is 1. The smallest absolute Gasteiger partial charge is 0.410 e. The highest BCUT2D eigenvalue weighted by molar-refractivity contribution is 5.68. The molecule has 15 heavy (non-hydrogen) atoms. The van der Waals surface area contributed by atoms with Crippen molar-refractivity contribution in [3.8, 4) is 0 Å². The molecule has 2 atom stereocenters. The van der Waals surface area contributed by atoms with Crippen molar-refractivity contribution in [2.45, 2.75) is 52.3 Å². The van der Waals surface area contributed by atoms with Crippen LogP contribution in [0.15, 0.2) is 0 Å². The molecule has 1 N–H and O–H groups in total. The number of hydrogen-bond acceptors (Lipinski definition) is 3. The van der Waals surface area contributed by atoms with Crippen molar-refractivity contribution < 1.29 is 15.0 Å². The van der Waals surface area contributed by atoms with E-state index in [1.165, 1.54) is 0 Å². The van der Waals surface area contributed by atoms with Crippen LogP contribution in [0.1, 0.15) is 40.1 Å². The first-order valence-corrected chi connectivity index (χ1v) is 5.09. The third-order valence-electron chi connectivity index (χ3n) is 2.20. The number of carbonyl (C=O) groups is 1. The van der Waals surface area contributed by atoms with Gasteiger partial charge in [0.15, 0.2) is 0 Å². The number of carbonyl (C=O) groups excluding carboxylic acids is 1. The van der Waals surface area contributed by atoms with Crippen LogP contribution in [-0.4, -0.2) is 41.7 Å². The Bertz CT molecular complexity index is 368. The van der Waals surface area contributed by atoms with Gasteiger partial charge in [0, 0.05) is 27.8 Å². The number of ether oxygens (including phenoxy) is 1. The highest BCUT2D eigenvalue weighted by atomic mass is 16.6. The number of piperazine rings is 1. The number of nitrogens with zero attached hydrogens (tertiary/aromatic N) is 1. The van der Waals surface area contributed by atoms with Gasteiger partial charge < -0.3 is 15.0 Å². The van der Waals surface area contributed by atoms with E-state index in [0.717, 1.165) is 4.90 Å². The van der Waals surface area contributed by atoms with Crippen LogP contribution >= 0.6 is 0 Å². The third kappa shape index (κ3) is 3.38. The van der Waals surface area contributed by atoms with Gasteiger partial charge in [-0.3, -0.25) is 0 Å². The van der Waals surface area contributed by atoms with E-state index >= 15 is 0 Å². The van der Waals surface area contributed by atoms with Gasteiger partial charge in [0.1, 0.15) is 5.60 Å². The summed E-state index contributed by atoms with van der Waals surface area (Å²) in [6.45, 7) is 3.60. The lowest BCUT2D eigenvalue weighted by Gasteiger charge is -2.39. The van der Waals surface area contributed by atoms with E-state index in [1.54, 1.807) is 34.6 Å². The summed E-state index contributed by atoms with van der Waals surface area (Å²) in [4.78, 5) is 13.0. The van der Waals surface area contributed by atoms with Crippen molar-refractivity contribution >= 4 is 6.09 Å². The molecule has 0 saturated carbocycles. The van der Waals surface area contributed by atoms with E-state index in [9.17, 15) is 4.79 Å². The van der Waals surface area contributed by atoms with Crippen LogP contribution in [0.3, 0.4) is 0 Å². The quantitative estimate of drug-likeness (QED) is 0.671. The molecule has 1 saturated heterocycles. The summed E-state index contributed by atoms with van der Waals surface area (Å²) in [5, 5.41) is 2.55. The zero-order valence-corrected chi connectivity index (χ0v) is 9.92. The third-order valence-corrected chi connectivity index (χ3v) is 2.20. The summed E-state index contributed by atoms with van der Waals surface area (Å²) >= 11 is 0. The molecule has 88 valence electrons. The minimum absolute atomic E-state index is 0.383. The van der Waals surface area contributed by atoms with E-state index in [1.807, 2.05) is 0 Å². The lowest BCUT2D eigenvalue weighted by atomic mass is 10.1. The van der Waals surface area contributed by atoms with E-state index in [2.05, 4.69) is 5.32 Å². The minimum atomic E-state index is -2.48. The molecule has 0 aromatic rings. The van der Waals surface area contributed by atoms with Gasteiger partial charge in [0.25, 0.3) is 0 Å². The molecule has 1 aliphatic rings. The van der Waals surface area contributed by atoms with Crippen LogP contribution in [-0.2, 0) is 4.74 Å². The Morgan fingerprint density at radius 3 is 2.67 bits per heavy atom. The average molecular weight is 218 g/mol. The van der Waals surface area contributed by atoms with Crippen molar-refractivity contribution in [2.24, 2.45) is 0 Å². The maximum atomic E-state index is 12.1. The Hall–Kier alpha value is -0.770. The Morgan fingerprint density at radius 2 is 2.13 bits per heavy atom. The fourth-order valence-corrected chi connectivity index (χ4v) is 1.18. The predicted molar refractivity (Wildman–Crippen MR) is 59.9 cm³/mol. The van der Waals surface area contributed by atoms with Crippen molar-refractivity contribution in [3.63, 3.8) is 0 Å². The van der Waals surface area contributed by atoms with Gasteiger partial charge >= 0.3 is 6.09 Å². The monoisotopic (exact) mass is 218 g/mol. The van der Waals surface area contributed by atoms with E-state index in [4.69, 9.17) is 10.2 Å². The number of rotatable bonds is 0. The maximum absolute atomic E-state index is 12.1. The predicted octanol–water partition coefficient (Wildman–Crippen LogP) is 1.60. The van der Waals surface area contributed by atoms with Gasteiger partial charge in [-0.25, -0.2) is 4.79 Å². The van der Waals surface area contributed by atoms with E-state index in [0.29, 0.717) is 0 Å². The first-order chi connectivity index (χ1) is 8.29. The fourth-order valence-electron chi connectivity index (χ4n) is 1.18. The van der Waals surface area contributed by atoms with Gasteiger partial charge in [-0.2, -0.15) is 0 Å². The molecule has 0 spiro atoms. The molecule has 0 aliphatic carbocycles. The molecule has 4 heteroatoms. The van der Waals surface area contributed by atoms with Crippen molar-refractivity contribution in [2.75, 3.05) is 13.0 Å². The first kappa shape index (κ1) is 7.49. The first-order valence-electron chi connectivity index (χ1n) is 7.09. The molecule has 1 amide bonds. The molecule has 0 radical (unpaired) electrons. The summed E-state index contributed by atoms with van der Waals surface area (Å²) in [5.41, 5.74) is -0.756. The van der Waals surface area contributed by atoms with Crippen molar-refractivity contribution in [1.29, 1.82) is 0 Å². The molecule has 1 aliphatic heterocycles. The fraction of sp³-hybridized carbons (Fsp3) is 0.909. The highest BCUT2D eigenvalue weighted by Crippen LogP contribution is 2.15. The van der Waals surface area contributed by atoms with Crippen LogP contribution in [0.5, 0.6) is 0 Å². The molecule has 1 fully saturated rings. The van der Waals surface area contributed by atoms with Crippen molar-refractivity contribution in [1.82, 2.24) is 10.2 Å². The summed E-state index contributed by atoms with van der Waals surface area (Å²) in [7, 11) is 0. The van der Waals surface area contributed by atoms with Gasteiger partial charge in [0.2, 0.25) is 0 Å². The minimum Gasteiger partial charge on any atom is -0.444 e. The maximum Gasteiger partial charge on any atom is 0.410 e. The zero-order valence-electron chi connectivity index (χ0n) is 13.9. The van der Waals surface area contributed by atoms with Crippen LogP contribution in [0.4, 0.5) is 4.79 Å². The van der Waals surface area contributed by atoms with Crippen LogP contribution in [0.2, 0.25) is 0 Å². The van der Waals surface area contributed by atoms with Gasteiger partial charge in [-0.1, -0.05) is 0 Å². The molecule has 4 nitrogen and oxygen atoms in total. The van der Waals surface area contributed by atoms with Crippen LogP contribution in [0.25, 0.3) is 0 Å². The molecule has 0 aromatic heterocycles. The van der Waals surface area contributed by atoms with Crippen LogP contribution in [0, 0.1) is 0 Å². The molecule has 0 bridgehead atoms. The second-order valence-electron chi connectivity index (χ2n) is 4.76. The second-order valence-corrected chi connectivity index (χ2v) is 4.76. The second kappa shape index (κ2) is 4.39. The Balaban J connectivity index is 3.10. The summed E-state index contributed by atoms with van der Waals surface area (Å²) < 4.78 is 36.4. The molecule has 1 heterocycles. The SMILES string of the molecule is [2H]C1([2H])N[C@H](C)[C@@H](C)N(C(=O)OC(C)(C)C)C1([2H])[2H]. The van der Waals surface area contributed by atoms with Crippen LogP contribution < -0.4 is 5.32 Å². The lowest BCUT2D eigenvalue weighted by Crippen LogP contribution is -2.57. The van der Waals surface area contributed by atoms with E-state index in [-0.39, 0.29) is 6.04 Å². The summed E-state index contributed by atoms with van der Waals surface area (Å²) in [6.07, 6.45) is -0.845. The van der Waals surface area contributed by atoms with Gasteiger partial charge in [-0.15, -0.1) is 0 Å². The highest BCUT2D eigenvalue weighted by Gasteiger charge is 2.31. The molecular weight excluding hydrogens is 192 g/mol. The topological polar surface area (TPSA) is 41.6 Å². The summed E-state index contributed by atoms with van der Waals surface area (Å²) in [6, 6.07) is -0.903. The molecule has 1 rings (SSSR count). The molecular formula is C11H22N2O2. The Kier molecular flexibility index (Phi) is 2.19. The number of hydrogen-bond donors (Lipinski definition) is 1. The standard InChI is InChI=1S/C11H22N2O2/c1-8-9(2)13(7-6-12-8)10(14)15-11(3,4)5/h8-9,12H,6-7H2,1-5H3/t8-,9-/m1/s1/i6D2,7D2. The van der Waals surface area contributed by atoms with E-state index < -0.39 is 30.7 Å². The Labute approximate surface area is 97.6 Å².